The summed E-state index contributed by atoms with van der Waals surface area (Å²) < 4.78 is 28.6. The number of aryl methyl sites for hydroxylation is 4. The van der Waals surface area contributed by atoms with Crippen LogP contribution < -0.4 is 4.90 Å². The van der Waals surface area contributed by atoms with Gasteiger partial charge in [-0.05, 0) is 68.1 Å². The maximum absolute atomic E-state index is 13.1. The quantitative estimate of drug-likeness (QED) is 0.723. The van der Waals surface area contributed by atoms with Crippen molar-refractivity contribution >= 4 is 31.6 Å². The molecule has 3 rings (SSSR count). The summed E-state index contributed by atoms with van der Waals surface area (Å²) >= 11 is 3.46. The van der Waals surface area contributed by atoms with Crippen LogP contribution >= 0.6 is 15.9 Å². The van der Waals surface area contributed by atoms with Crippen LogP contribution in [0.3, 0.4) is 0 Å². The minimum Gasteiger partial charge on any atom is -0.369 e. The van der Waals surface area contributed by atoms with Crippen LogP contribution in [-0.2, 0) is 10.0 Å². The summed E-state index contributed by atoms with van der Waals surface area (Å²) in [5.74, 6) is 0. The van der Waals surface area contributed by atoms with Crippen LogP contribution in [0.1, 0.15) is 22.3 Å². The normalized spacial score (nSPS) is 16.1. The lowest BCUT2D eigenvalue weighted by Gasteiger charge is -2.36. The smallest absolute Gasteiger partial charge is 0.243 e. The first kappa shape index (κ1) is 19.4. The number of sulfonamides is 1. The van der Waals surface area contributed by atoms with Gasteiger partial charge in [0, 0.05) is 36.3 Å². The minimum atomic E-state index is -3.48. The Morgan fingerprint density at radius 2 is 1.46 bits per heavy atom. The molecule has 4 nitrogen and oxygen atoms in total. The monoisotopic (exact) mass is 436 g/mol. The number of hydrogen-bond acceptors (Lipinski definition) is 3. The lowest BCUT2D eigenvalue weighted by molar-refractivity contribution is 0.384. The zero-order chi connectivity index (χ0) is 19.1. The maximum Gasteiger partial charge on any atom is 0.243 e. The van der Waals surface area contributed by atoms with Crippen LogP contribution in [0.2, 0.25) is 0 Å². The Labute approximate surface area is 165 Å². The van der Waals surface area contributed by atoms with Crippen LogP contribution in [-0.4, -0.2) is 38.9 Å². The fourth-order valence-corrected chi connectivity index (χ4v) is 5.48. The molecule has 2 aromatic rings. The Bertz CT molecular complexity index is 933. The molecule has 0 atom stereocenters. The Hall–Kier alpha value is -1.37. The second kappa shape index (κ2) is 7.33. The fraction of sp³-hybridized carbons (Fsp3) is 0.400. The summed E-state index contributed by atoms with van der Waals surface area (Å²) in [6.45, 7) is 10.4. The summed E-state index contributed by atoms with van der Waals surface area (Å²) in [6.07, 6.45) is 0. The van der Waals surface area contributed by atoms with E-state index < -0.39 is 10.0 Å². The Balaban J connectivity index is 1.78. The third-order valence-electron chi connectivity index (χ3n) is 5.17. The standard InChI is InChI=1S/C20H25BrN2O2S/c1-14-5-6-18(12-15(14)2)22-7-9-23(10-8-22)26(24,25)20-13-19(21)16(3)11-17(20)4/h5-6,11-13H,7-10H2,1-4H3. The first-order valence-corrected chi connectivity index (χ1v) is 11.0. The molecular formula is C20H25BrN2O2S. The molecule has 0 amide bonds. The molecule has 1 fully saturated rings. The number of piperazine rings is 1. The van der Waals surface area contributed by atoms with Gasteiger partial charge in [-0.3, -0.25) is 0 Å². The largest absolute Gasteiger partial charge is 0.369 e. The molecule has 1 aliphatic rings. The molecule has 0 aliphatic carbocycles. The summed E-state index contributed by atoms with van der Waals surface area (Å²) in [5, 5.41) is 0. The summed E-state index contributed by atoms with van der Waals surface area (Å²) in [7, 11) is -3.48. The van der Waals surface area contributed by atoms with Gasteiger partial charge in [-0.2, -0.15) is 4.31 Å². The molecule has 0 radical (unpaired) electrons. The van der Waals surface area contributed by atoms with E-state index in [4.69, 9.17) is 0 Å². The van der Waals surface area contributed by atoms with Crippen LogP contribution in [0.4, 0.5) is 5.69 Å². The third kappa shape index (κ3) is 3.68. The lowest BCUT2D eigenvalue weighted by Crippen LogP contribution is -2.48. The number of hydrogen-bond donors (Lipinski definition) is 0. The van der Waals surface area contributed by atoms with E-state index in [9.17, 15) is 8.42 Å². The molecule has 1 saturated heterocycles. The Morgan fingerprint density at radius 1 is 0.808 bits per heavy atom. The second-order valence-electron chi connectivity index (χ2n) is 7.03. The highest BCUT2D eigenvalue weighted by atomic mass is 79.9. The third-order valence-corrected chi connectivity index (χ3v) is 8.06. The van der Waals surface area contributed by atoms with E-state index in [1.807, 2.05) is 19.9 Å². The summed E-state index contributed by atoms with van der Waals surface area (Å²) in [6, 6.07) is 10.1. The highest BCUT2D eigenvalue weighted by Crippen LogP contribution is 2.28. The maximum atomic E-state index is 13.1. The zero-order valence-corrected chi connectivity index (χ0v) is 18.1. The van der Waals surface area contributed by atoms with Crippen molar-refractivity contribution in [1.82, 2.24) is 4.31 Å². The van der Waals surface area contributed by atoms with Gasteiger partial charge in [-0.1, -0.05) is 28.1 Å². The van der Waals surface area contributed by atoms with E-state index in [2.05, 4.69) is 52.9 Å². The van der Waals surface area contributed by atoms with Gasteiger partial charge in [0.15, 0.2) is 0 Å². The second-order valence-corrected chi connectivity index (χ2v) is 9.79. The van der Waals surface area contributed by atoms with Crippen molar-refractivity contribution in [3.63, 3.8) is 0 Å². The van der Waals surface area contributed by atoms with Crippen LogP contribution in [0.5, 0.6) is 0 Å². The van der Waals surface area contributed by atoms with Crippen molar-refractivity contribution in [3.8, 4) is 0 Å². The molecule has 0 unspecified atom stereocenters. The van der Waals surface area contributed by atoms with Gasteiger partial charge < -0.3 is 4.90 Å². The predicted octanol–water partition coefficient (Wildman–Crippen LogP) is 4.19. The average Bonchev–Trinajstić information content (AvgIpc) is 2.60. The Morgan fingerprint density at radius 3 is 2.08 bits per heavy atom. The van der Waals surface area contributed by atoms with Crippen molar-refractivity contribution in [2.24, 2.45) is 0 Å². The predicted molar refractivity (Wildman–Crippen MR) is 111 cm³/mol. The highest BCUT2D eigenvalue weighted by Gasteiger charge is 2.30. The molecule has 140 valence electrons. The highest BCUT2D eigenvalue weighted by molar-refractivity contribution is 9.10. The SMILES string of the molecule is Cc1ccc(N2CCN(S(=O)(=O)c3cc(Br)c(C)cc3C)CC2)cc1C. The van der Waals surface area contributed by atoms with Gasteiger partial charge >= 0.3 is 0 Å². The van der Waals surface area contributed by atoms with E-state index in [-0.39, 0.29) is 0 Å². The van der Waals surface area contributed by atoms with E-state index in [0.717, 1.165) is 15.6 Å². The molecule has 0 spiro atoms. The van der Waals surface area contributed by atoms with Crippen LogP contribution in [0.25, 0.3) is 0 Å². The first-order chi connectivity index (χ1) is 12.2. The van der Waals surface area contributed by atoms with Gasteiger partial charge in [0.05, 0.1) is 4.90 Å². The number of nitrogens with zero attached hydrogens (tertiary/aromatic N) is 2. The number of anilines is 1. The molecule has 0 aromatic heterocycles. The molecule has 0 saturated carbocycles. The molecule has 1 heterocycles. The van der Waals surface area contributed by atoms with Gasteiger partial charge in [0.2, 0.25) is 10.0 Å². The lowest BCUT2D eigenvalue weighted by atomic mass is 10.1. The van der Waals surface area contributed by atoms with Gasteiger partial charge in [0.1, 0.15) is 0 Å². The van der Waals surface area contributed by atoms with E-state index in [1.54, 1.807) is 10.4 Å². The summed E-state index contributed by atoms with van der Waals surface area (Å²) in [5.41, 5.74) is 5.54. The van der Waals surface area contributed by atoms with Crippen molar-refractivity contribution < 1.29 is 8.42 Å². The molecular weight excluding hydrogens is 412 g/mol. The fourth-order valence-electron chi connectivity index (χ4n) is 3.33. The minimum absolute atomic E-state index is 0.398. The number of benzene rings is 2. The van der Waals surface area contributed by atoms with E-state index in [1.165, 1.54) is 16.8 Å². The zero-order valence-electron chi connectivity index (χ0n) is 15.7. The molecule has 0 N–H and O–H groups in total. The molecule has 0 bridgehead atoms. The van der Waals surface area contributed by atoms with Gasteiger partial charge in [-0.25, -0.2) is 8.42 Å². The molecule has 26 heavy (non-hydrogen) atoms. The summed E-state index contributed by atoms with van der Waals surface area (Å²) in [4.78, 5) is 2.66. The Kier molecular flexibility index (Phi) is 5.47. The van der Waals surface area contributed by atoms with E-state index in [0.29, 0.717) is 31.1 Å². The van der Waals surface area contributed by atoms with Crippen molar-refractivity contribution in [2.45, 2.75) is 32.6 Å². The van der Waals surface area contributed by atoms with Crippen LogP contribution in [0.15, 0.2) is 39.7 Å². The molecule has 2 aromatic carbocycles. The topological polar surface area (TPSA) is 40.6 Å². The van der Waals surface area contributed by atoms with Crippen molar-refractivity contribution in [2.75, 3.05) is 31.1 Å². The number of rotatable bonds is 3. The van der Waals surface area contributed by atoms with Gasteiger partial charge in [-0.15, -0.1) is 0 Å². The first-order valence-electron chi connectivity index (χ1n) is 8.79. The van der Waals surface area contributed by atoms with Crippen molar-refractivity contribution in [3.05, 3.63) is 57.1 Å². The average molecular weight is 437 g/mol. The number of halogens is 1. The van der Waals surface area contributed by atoms with Crippen molar-refractivity contribution in [1.29, 1.82) is 0 Å². The molecule has 6 heteroatoms. The van der Waals surface area contributed by atoms with Gasteiger partial charge in [0.25, 0.3) is 0 Å². The van der Waals surface area contributed by atoms with E-state index >= 15 is 0 Å². The van der Waals surface area contributed by atoms with Crippen LogP contribution in [0, 0.1) is 27.7 Å². The molecule has 1 aliphatic heterocycles.